The molecule has 1 saturated heterocycles. The SMILES string of the molecule is CCC(C)C1CN(C(C)C(C)(C)C)C(C(C)C)CN1. The quantitative estimate of drug-likeness (QED) is 0.835. The number of nitrogens with one attached hydrogen (secondary N) is 1. The van der Waals surface area contributed by atoms with Crippen LogP contribution in [0.1, 0.15) is 61.8 Å². The molecule has 1 rings (SSSR count). The van der Waals surface area contributed by atoms with Crippen LogP contribution < -0.4 is 5.32 Å². The molecule has 0 aromatic heterocycles. The lowest BCUT2D eigenvalue weighted by molar-refractivity contribution is 0.00781. The van der Waals surface area contributed by atoms with Crippen molar-refractivity contribution in [1.29, 1.82) is 0 Å². The first kappa shape index (κ1) is 17.0. The molecular weight excluding hydrogens is 232 g/mol. The second-order valence-electron chi connectivity index (χ2n) is 7.95. The largest absolute Gasteiger partial charge is 0.311 e. The predicted octanol–water partition coefficient (Wildman–Crippen LogP) is 3.77. The van der Waals surface area contributed by atoms with Crippen molar-refractivity contribution in [2.45, 2.75) is 79.9 Å². The van der Waals surface area contributed by atoms with E-state index in [1.54, 1.807) is 0 Å². The molecular formula is C17H36N2. The molecule has 0 aliphatic carbocycles. The Kier molecular flexibility index (Phi) is 5.88. The molecule has 1 heterocycles. The molecule has 0 aromatic rings. The van der Waals surface area contributed by atoms with E-state index in [2.05, 4.69) is 65.6 Å². The third-order valence-corrected chi connectivity index (χ3v) is 5.27. The van der Waals surface area contributed by atoms with E-state index in [1.807, 2.05) is 0 Å². The maximum atomic E-state index is 3.80. The van der Waals surface area contributed by atoms with Gasteiger partial charge in [0.05, 0.1) is 0 Å². The molecule has 114 valence electrons. The Balaban J connectivity index is 2.85. The van der Waals surface area contributed by atoms with E-state index in [1.165, 1.54) is 13.0 Å². The standard InChI is InChI=1S/C17H36N2/c1-9-13(4)15-11-19(14(5)17(6,7)8)16(10-18-15)12(2)3/h12-16,18H,9-11H2,1-8H3. The minimum absolute atomic E-state index is 0.352. The summed E-state index contributed by atoms with van der Waals surface area (Å²) in [5.74, 6) is 1.48. The molecule has 1 fully saturated rings. The van der Waals surface area contributed by atoms with E-state index >= 15 is 0 Å². The van der Waals surface area contributed by atoms with Crippen LogP contribution in [0.4, 0.5) is 0 Å². The summed E-state index contributed by atoms with van der Waals surface area (Å²) in [6.07, 6.45) is 1.27. The normalized spacial score (nSPS) is 29.5. The Hall–Kier alpha value is -0.0800. The molecule has 0 amide bonds. The van der Waals surface area contributed by atoms with Gasteiger partial charge in [0.1, 0.15) is 0 Å². The first-order chi connectivity index (χ1) is 8.68. The zero-order valence-electron chi connectivity index (χ0n) is 14.5. The van der Waals surface area contributed by atoms with Crippen LogP contribution >= 0.6 is 0 Å². The van der Waals surface area contributed by atoms with E-state index < -0.39 is 0 Å². The van der Waals surface area contributed by atoms with E-state index in [0.717, 1.165) is 18.4 Å². The van der Waals surface area contributed by atoms with Gasteiger partial charge in [0.2, 0.25) is 0 Å². The van der Waals surface area contributed by atoms with Gasteiger partial charge in [-0.15, -0.1) is 0 Å². The monoisotopic (exact) mass is 268 g/mol. The third kappa shape index (κ3) is 4.19. The smallest absolute Gasteiger partial charge is 0.0247 e. The molecule has 4 unspecified atom stereocenters. The Morgan fingerprint density at radius 2 is 1.74 bits per heavy atom. The van der Waals surface area contributed by atoms with Gasteiger partial charge in [-0.1, -0.05) is 54.9 Å². The third-order valence-electron chi connectivity index (χ3n) is 5.27. The highest BCUT2D eigenvalue weighted by atomic mass is 15.3. The van der Waals surface area contributed by atoms with Gasteiger partial charge < -0.3 is 5.32 Å². The minimum Gasteiger partial charge on any atom is -0.311 e. The summed E-state index contributed by atoms with van der Waals surface area (Å²) in [6, 6.07) is 1.97. The highest BCUT2D eigenvalue weighted by Crippen LogP contribution is 2.30. The summed E-state index contributed by atoms with van der Waals surface area (Å²) >= 11 is 0. The van der Waals surface area contributed by atoms with Gasteiger partial charge >= 0.3 is 0 Å². The number of rotatable bonds is 4. The molecule has 1 N–H and O–H groups in total. The maximum Gasteiger partial charge on any atom is 0.0247 e. The lowest BCUT2D eigenvalue weighted by Crippen LogP contribution is -2.63. The van der Waals surface area contributed by atoms with Crippen LogP contribution in [-0.4, -0.2) is 36.1 Å². The highest BCUT2D eigenvalue weighted by molar-refractivity contribution is 4.94. The van der Waals surface area contributed by atoms with Crippen LogP contribution in [0.5, 0.6) is 0 Å². The van der Waals surface area contributed by atoms with Crippen molar-refractivity contribution in [3.8, 4) is 0 Å². The second-order valence-corrected chi connectivity index (χ2v) is 7.95. The summed E-state index contributed by atoms with van der Waals surface area (Å²) in [6.45, 7) is 21.3. The molecule has 1 aliphatic rings. The van der Waals surface area contributed by atoms with Crippen molar-refractivity contribution < 1.29 is 0 Å². The number of hydrogen-bond acceptors (Lipinski definition) is 2. The molecule has 0 radical (unpaired) electrons. The van der Waals surface area contributed by atoms with Gasteiger partial charge in [-0.3, -0.25) is 4.90 Å². The second kappa shape index (κ2) is 6.58. The maximum absolute atomic E-state index is 3.80. The van der Waals surface area contributed by atoms with Crippen molar-refractivity contribution in [3.63, 3.8) is 0 Å². The highest BCUT2D eigenvalue weighted by Gasteiger charge is 2.37. The zero-order valence-corrected chi connectivity index (χ0v) is 14.5. The molecule has 2 nitrogen and oxygen atoms in total. The van der Waals surface area contributed by atoms with Gasteiger partial charge in [-0.25, -0.2) is 0 Å². The van der Waals surface area contributed by atoms with Crippen molar-refractivity contribution >= 4 is 0 Å². The molecule has 0 spiro atoms. The van der Waals surface area contributed by atoms with E-state index in [9.17, 15) is 0 Å². The van der Waals surface area contributed by atoms with Crippen LogP contribution in [0.15, 0.2) is 0 Å². The molecule has 1 aliphatic heterocycles. The molecule has 4 atom stereocenters. The molecule has 0 aromatic carbocycles. The van der Waals surface area contributed by atoms with Gasteiger partial charge in [0.25, 0.3) is 0 Å². The Labute approximate surface area is 121 Å². The first-order valence-corrected chi connectivity index (χ1v) is 8.17. The van der Waals surface area contributed by atoms with Gasteiger partial charge in [0, 0.05) is 31.2 Å². The van der Waals surface area contributed by atoms with Crippen molar-refractivity contribution in [1.82, 2.24) is 10.2 Å². The summed E-state index contributed by atoms with van der Waals surface area (Å²) in [7, 11) is 0. The predicted molar refractivity (Wildman–Crippen MR) is 85.5 cm³/mol. The van der Waals surface area contributed by atoms with Crippen molar-refractivity contribution in [2.24, 2.45) is 17.3 Å². The average molecular weight is 268 g/mol. The minimum atomic E-state index is 0.352. The Morgan fingerprint density at radius 3 is 2.16 bits per heavy atom. The summed E-state index contributed by atoms with van der Waals surface area (Å²) in [4.78, 5) is 2.78. The zero-order chi connectivity index (χ0) is 14.8. The number of piperazine rings is 1. The van der Waals surface area contributed by atoms with E-state index in [4.69, 9.17) is 0 Å². The van der Waals surface area contributed by atoms with Crippen LogP contribution in [-0.2, 0) is 0 Å². The van der Waals surface area contributed by atoms with E-state index in [-0.39, 0.29) is 0 Å². The van der Waals surface area contributed by atoms with Crippen LogP contribution in [0, 0.1) is 17.3 Å². The van der Waals surface area contributed by atoms with Crippen molar-refractivity contribution in [2.75, 3.05) is 13.1 Å². The number of hydrogen-bond donors (Lipinski definition) is 1. The van der Waals surface area contributed by atoms with Gasteiger partial charge in [0.15, 0.2) is 0 Å². The summed E-state index contributed by atoms with van der Waals surface area (Å²) in [5.41, 5.74) is 0.352. The summed E-state index contributed by atoms with van der Waals surface area (Å²) < 4.78 is 0. The van der Waals surface area contributed by atoms with Crippen LogP contribution in [0.3, 0.4) is 0 Å². The first-order valence-electron chi connectivity index (χ1n) is 8.17. The van der Waals surface area contributed by atoms with Gasteiger partial charge in [-0.05, 0) is 24.2 Å². The van der Waals surface area contributed by atoms with Gasteiger partial charge in [-0.2, -0.15) is 0 Å². The van der Waals surface area contributed by atoms with Crippen LogP contribution in [0.2, 0.25) is 0 Å². The lowest BCUT2D eigenvalue weighted by Gasteiger charge is -2.50. The topological polar surface area (TPSA) is 15.3 Å². The molecule has 0 bridgehead atoms. The lowest BCUT2D eigenvalue weighted by atomic mass is 9.83. The molecule has 0 saturated carbocycles. The number of nitrogens with zero attached hydrogens (tertiary/aromatic N) is 1. The van der Waals surface area contributed by atoms with Crippen LogP contribution in [0.25, 0.3) is 0 Å². The fourth-order valence-corrected chi connectivity index (χ4v) is 3.04. The van der Waals surface area contributed by atoms with Crippen molar-refractivity contribution in [3.05, 3.63) is 0 Å². The Morgan fingerprint density at radius 1 is 1.16 bits per heavy atom. The molecule has 19 heavy (non-hydrogen) atoms. The molecule has 2 heteroatoms. The fraction of sp³-hybridized carbons (Fsp3) is 1.00. The van der Waals surface area contributed by atoms with E-state index in [0.29, 0.717) is 23.5 Å². The fourth-order valence-electron chi connectivity index (χ4n) is 3.04. The average Bonchev–Trinajstić information content (AvgIpc) is 2.34. The summed E-state index contributed by atoms with van der Waals surface area (Å²) in [5, 5.41) is 3.80. The Bertz CT molecular complexity index is 265.